The first kappa shape index (κ1) is 20.1. The SMILES string of the molecule is C.C=CCCCCCCCCCCCCCCC. The summed E-state index contributed by atoms with van der Waals surface area (Å²) >= 11 is 0. The minimum absolute atomic E-state index is 0. The molecular formula is C18H38. The van der Waals surface area contributed by atoms with E-state index in [1.165, 1.54) is 89.9 Å². The molecule has 0 amide bonds. The predicted octanol–water partition coefficient (Wildman–Crippen LogP) is 7.29. The van der Waals surface area contributed by atoms with Crippen LogP contribution in [-0.2, 0) is 0 Å². The van der Waals surface area contributed by atoms with Crippen molar-refractivity contribution in [3.63, 3.8) is 0 Å². The van der Waals surface area contributed by atoms with Gasteiger partial charge in [0.15, 0.2) is 0 Å². The number of hydrogen-bond acceptors (Lipinski definition) is 0. The molecule has 0 aromatic heterocycles. The molecule has 0 unspecified atom stereocenters. The second-order valence-corrected chi connectivity index (χ2v) is 5.32. The first-order chi connectivity index (χ1) is 8.41. The number of hydrogen-bond donors (Lipinski definition) is 0. The summed E-state index contributed by atoms with van der Waals surface area (Å²) in [6.45, 7) is 6.04. The van der Waals surface area contributed by atoms with Crippen molar-refractivity contribution in [2.45, 2.75) is 104 Å². The van der Waals surface area contributed by atoms with E-state index >= 15 is 0 Å². The monoisotopic (exact) mass is 254 g/mol. The molecule has 0 bridgehead atoms. The summed E-state index contributed by atoms with van der Waals surface area (Å²) in [6, 6.07) is 0. The molecule has 0 spiro atoms. The van der Waals surface area contributed by atoms with Crippen LogP contribution in [0.1, 0.15) is 104 Å². The second-order valence-electron chi connectivity index (χ2n) is 5.32. The maximum atomic E-state index is 3.75. The lowest BCUT2D eigenvalue weighted by Gasteiger charge is -2.02. The van der Waals surface area contributed by atoms with Gasteiger partial charge in [0.2, 0.25) is 0 Å². The van der Waals surface area contributed by atoms with Crippen molar-refractivity contribution in [3.8, 4) is 0 Å². The predicted molar refractivity (Wildman–Crippen MR) is 87.2 cm³/mol. The molecule has 0 heteroatoms. The van der Waals surface area contributed by atoms with Crippen LogP contribution in [0.4, 0.5) is 0 Å². The molecule has 0 saturated heterocycles. The maximum absolute atomic E-state index is 3.75. The van der Waals surface area contributed by atoms with E-state index in [9.17, 15) is 0 Å². The van der Waals surface area contributed by atoms with Crippen LogP contribution in [0.15, 0.2) is 12.7 Å². The van der Waals surface area contributed by atoms with Gasteiger partial charge in [-0.2, -0.15) is 0 Å². The molecule has 0 aromatic rings. The molecule has 0 heterocycles. The highest BCUT2D eigenvalue weighted by atomic mass is 14.0. The molecule has 0 rings (SSSR count). The van der Waals surface area contributed by atoms with E-state index in [4.69, 9.17) is 0 Å². The fourth-order valence-electron chi connectivity index (χ4n) is 2.31. The number of allylic oxidation sites excluding steroid dienone is 1. The molecule has 0 aliphatic rings. The summed E-state index contributed by atoms with van der Waals surface area (Å²) in [5.74, 6) is 0. The van der Waals surface area contributed by atoms with Crippen molar-refractivity contribution in [2.24, 2.45) is 0 Å². The Balaban J connectivity index is 0. The van der Waals surface area contributed by atoms with Crippen molar-refractivity contribution in [2.75, 3.05) is 0 Å². The zero-order valence-electron chi connectivity index (χ0n) is 12.2. The summed E-state index contributed by atoms with van der Waals surface area (Å²) < 4.78 is 0. The van der Waals surface area contributed by atoms with Gasteiger partial charge in [-0.25, -0.2) is 0 Å². The Kier molecular flexibility index (Phi) is 21.3. The summed E-state index contributed by atoms with van der Waals surface area (Å²) in [6.07, 6.45) is 22.0. The molecule has 0 N–H and O–H groups in total. The Hall–Kier alpha value is -0.260. The standard InChI is InChI=1S/C17H34.CH4/c1-3-5-7-9-11-13-15-17-16-14-12-10-8-6-4-2;/h3H,1,4-17H2,2H3;1H4. The molecule has 0 radical (unpaired) electrons. The lowest BCUT2D eigenvalue weighted by atomic mass is 10.0. The Morgan fingerprint density at radius 3 is 1.28 bits per heavy atom. The van der Waals surface area contributed by atoms with Crippen LogP contribution in [0, 0.1) is 0 Å². The molecule has 0 saturated carbocycles. The van der Waals surface area contributed by atoms with Crippen molar-refractivity contribution in [3.05, 3.63) is 12.7 Å². The Labute approximate surface area is 117 Å². The number of rotatable bonds is 14. The topological polar surface area (TPSA) is 0 Å². The van der Waals surface area contributed by atoms with Gasteiger partial charge in [0.25, 0.3) is 0 Å². The molecule has 0 aliphatic heterocycles. The fourth-order valence-corrected chi connectivity index (χ4v) is 2.31. The van der Waals surface area contributed by atoms with Gasteiger partial charge in [-0.15, -0.1) is 6.58 Å². The average Bonchev–Trinajstić information content (AvgIpc) is 2.35. The van der Waals surface area contributed by atoms with Crippen LogP contribution in [0.25, 0.3) is 0 Å². The third-order valence-corrected chi connectivity index (χ3v) is 3.51. The van der Waals surface area contributed by atoms with Crippen molar-refractivity contribution >= 4 is 0 Å². The van der Waals surface area contributed by atoms with Gasteiger partial charge in [-0.05, 0) is 12.8 Å². The summed E-state index contributed by atoms with van der Waals surface area (Å²) in [7, 11) is 0. The van der Waals surface area contributed by atoms with Crippen LogP contribution in [0.5, 0.6) is 0 Å². The van der Waals surface area contributed by atoms with Gasteiger partial charge >= 0.3 is 0 Å². The molecule has 0 fully saturated rings. The Morgan fingerprint density at radius 2 is 0.944 bits per heavy atom. The van der Waals surface area contributed by atoms with E-state index in [1.54, 1.807) is 0 Å². The van der Waals surface area contributed by atoms with Crippen LogP contribution in [0.2, 0.25) is 0 Å². The molecule has 18 heavy (non-hydrogen) atoms. The van der Waals surface area contributed by atoms with Gasteiger partial charge in [-0.1, -0.05) is 97.5 Å². The summed E-state index contributed by atoms with van der Waals surface area (Å²) in [4.78, 5) is 0. The molecule has 110 valence electrons. The van der Waals surface area contributed by atoms with Crippen LogP contribution in [-0.4, -0.2) is 0 Å². The first-order valence-corrected chi connectivity index (χ1v) is 8.02. The molecule has 0 aromatic carbocycles. The van der Waals surface area contributed by atoms with Gasteiger partial charge < -0.3 is 0 Å². The third kappa shape index (κ3) is 18.1. The van der Waals surface area contributed by atoms with Crippen LogP contribution < -0.4 is 0 Å². The van der Waals surface area contributed by atoms with E-state index in [1.807, 2.05) is 6.08 Å². The highest BCUT2D eigenvalue weighted by molar-refractivity contribution is 4.65. The largest absolute Gasteiger partial charge is 0.103 e. The highest BCUT2D eigenvalue weighted by Crippen LogP contribution is 2.12. The summed E-state index contributed by atoms with van der Waals surface area (Å²) in [5, 5.41) is 0. The van der Waals surface area contributed by atoms with E-state index in [2.05, 4.69) is 13.5 Å². The van der Waals surface area contributed by atoms with Crippen molar-refractivity contribution < 1.29 is 0 Å². The van der Waals surface area contributed by atoms with Crippen LogP contribution in [0.3, 0.4) is 0 Å². The fraction of sp³-hybridized carbons (Fsp3) is 0.889. The van der Waals surface area contributed by atoms with Crippen LogP contribution >= 0.6 is 0 Å². The summed E-state index contributed by atoms with van der Waals surface area (Å²) in [5.41, 5.74) is 0. The van der Waals surface area contributed by atoms with E-state index in [-0.39, 0.29) is 7.43 Å². The minimum atomic E-state index is 0. The maximum Gasteiger partial charge on any atom is -0.0353 e. The highest BCUT2D eigenvalue weighted by Gasteiger charge is 1.93. The Morgan fingerprint density at radius 1 is 0.611 bits per heavy atom. The zero-order chi connectivity index (χ0) is 12.6. The quantitative estimate of drug-likeness (QED) is 0.225. The van der Waals surface area contributed by atoms with E-state index < -0.39 is 0 Å². The van der Waals surface area contributed by atoms with Crippen molar-refractivity contribution in [1.29, 1.82) is 0 Å². The number of unbranched alkanes of at least 4 members (excludes halogenated alkanes) is 13. The van der Waals surface area contributed by atoms with Gasteiger partial charge in [0.1, 0.15) is 0 Å². The molecule has 0 aliphatic carbocycles. The normalized spacial score (nSPS) is 10.1. The van der Waals surface area contributed by atoms with Gasteiger partial charge in [0.05, 0.1) is 0 Å². The zero-order valence-corrected chi connectivity index (χ0v) is 12.2. The molecule has 0 atom stereocenters. The molecular weight excluding hydrogens is 216 g/mol. The second kappa shape index (κ2) is 19.1. The Bertz CT molecular complexity index is 137. The van der Waals surface area contributed by atoms with Gasteiger partial charge in [-0.3, -0.25) is 0 Å². The lowest BCUT2D eigenvalue weighted by Crippen LogP contribution is -1.82. The third-order valence-electron chi connectivity index (χ3n) is 3.51. The van der Waals surface area contributed by atoms with Gasteiger partial charge in [0, 0.05) is 0 Å². The lowest BCUT2D eigenvalue weighted by molar-refractivity contribution is 0.540. The molecule has 0 nitrogen and oxygen atoms in total. The van der Waals surface area contributed by atoms with E-state index in [0.717, 1.165) is 0 Å². The average molecular weight is 255 g/mol. The smallest absolute Gasteiger partial charge is 0.0353 e. The van der Waals surface area contributed by atoms with Crippen molar-refractivity contribution in [1.82, 2.24) is 0 Å². The minimum Gasteiger partial charge on any atom is -0.103 e. The first-order valence-electron chi connectivity index (χ1n) is 8.02. The van der Waals surface area contributed by atoms with E-state index in [0.29, 0.717) is 0 Å².